The van der Waals surface area contributed by atoms with E-state index in [2.05, 4.69) is 10.6 Å². The Morgan fingerprint density at radius 1 is 1.38 bits per heavy atom. The Labute approximate surface area is 129 Å². The summed E-state index contributed by atoms with van der Waals surface area (Å²) < 4.78 is 0. The van der Waals surface area contributed by atoms with Crippen LogP contribution in [0.1, 0.15) is 32.3 Å². The first-order valence-corrected chi connectivity index (χ1v) is 7.42. The molecule has 112 valence electrons. The highest BCUT2D eigenvalue weighted by atomic mass is 32.1. The maximum atomic E-state index is 11.9. The molecule has 5 nitrogen and oxygen atoms in total. The normalized spacial score (nSPS) is 17.8. The Bertz CT molecular complexity index is 557. The van der Waals surface area contributed by atoms with E-state index >= 15 is 0 Å². The third-order valence-corrected chi connectivity index (χ3v) is 3.62. The molecule has 0 aliphatic carbocycles. The number of carbonyl (C=O) groups is 2. The van der Waals surface area contributed by atoms with Gasteiger partial charge in [0, 0.05) is 12.1 Å². The van der Waals surface area contributed by atoms with E-state index in [-0.39, 0.29) is 17.9 Å². The Balaban J connectivity index is 1.98. The highest BCUT2D eigenvalue weighted by Crippen LogP contribution is 2.15. The number of hydrogen-bond acceptors (Lipinski definition) is 3. The molecule has 1 saturated heterocycles. The molecule has 21 heavy (non-hydrogen) atoms. The van der Waals surface area contributed by atoms with Gasteiger partial charge in [0.2, 0.25) is 5.91 Å². The molecule has 1 aliphatic heterocycles. The van der Waals surface area contributed by atoms with Crippen molar-refractivity contribution < 1.29 is 9.59 Å². The summed E-state index contributed by atoms with van der Waals surface area (Å²) in [7, 11) is 0. The topological polar surface area (TPSA) is 61.4 Å². The second-order valence-corrected chi connectivity index (χ2v) is 5.48. The van der Waals surface area contributed by atoms with E-state index in [1.54, 1.807) is 11.8 Å². The minimum Gasteiger partial charge on any atom is -0.351 e. The van der Waals surface area contributed by atoms with Gasteiger partial charge in [0.25, 0.3) is 5.91 Å². The summed E-state index contributed by atoms with van der Waals surface area (Å²) >= 11 is 5.14. The van der Waals surface area contributed by atoms with Crippen LogP contribution < -0.4 is 10.6 Å². The summed E-state index contributed by atoms with van der Waals surface area (Å²) in [5, 5.41) is 6.24. The highest BCUT2D eigenvalue weighted by Gasteiger charge is 2.31. The molecule has 0 bridgehead atoms. The lowest BCUT2D eigenvalue weighted by molar-refractivity contribution is -0.127. The van der Waals surface area contributed by atoms with Crippen molar-refractivity contribution in [2.75, 3.05) is 5.32 Å². The van der Waals surface area contributed by atoms with Crippen molar-refractivity contribution in [3.63, 3.8) is 0 Å². The zero-order valence-corrected chi connectivity index (χ0v) is 13.0. The van der Waals surface area contributed by atoms with Gasteiger partial charge in [0.05, 0.1) is 6.54 Å². The number of carbonyl (C=O) groups excluding carboxylic acids is 2. The molecule has 0 saturated carbocycles. The van der Waals surface area contributed by atoms with Gasteiger partial charge < -0.3 is 10.6 Å². The van der Waals surface area contributed by atoms with Gasteiger partial charge in [-0.05, 0) is 43.3 Å². The van der Waals surface area contributed by atoms with Crippen molar-refractivity contribution >= 4 is 34.8 Å². The number of thiocarbonyl (C=S) groups is 1. The van der Waals surface area contributed by atoms with Gasteiger partial charge in [0.15, 0.2) is 5.11 Å². The van der Waals surface area contributed by atoms with Gasteiger partial charge in [-0.25, -0.2) is 0 Å². The molecule has 2 rings (SSSR count). The number of nitrogens with zero attached hydrogens (tertiary/aromatic N) is 1. The number of benzene rings is 1. The molecular formula is C15H19N3O2S. The number of nitrogens with one attached hydrogen (secondary N) is 2. The summed E-state index contributed by atoms with van der Waals surface area (Å²) in [6.45, 7) is 4.20. The van der Waals surface area contributed by atoms with Gasteiger partial charge in [-0.15, -0.1) is 0 Å². The molecular weight excluding hydrogens is 286 g/mol. The predicted molar refractivity (Wildman–Crippen MR) is 85.7 cm³/mol. The number of anilines is 1. The third-order valence-electron chi connectivity index (χ3n) is 3.28. The van der Waals surface area contributed by atoms with Crippen molar-refractivity contribution in [1.29, 1.82) is 0 Å². The maximum absolute atomic E-state index is 11.9. The van der Waals surface area contributed by atoms with Crippen molar-refractivity contribution in [1.82, 2.24) is 10.2 Å². The number of hydrogen-bond donors (Lipinski definition) is 2. The van der Waals surface area contributed by atoms with E-state index in [1.165, 1.54) is 0 Å². The fraction of sp³-hybridized carbons (Fsp3) is 0.400. The summed E-state index contributed by atoms with van der Waals surface area (Å²) in [4.78, 5) is 25.0. The monoisotopic (exact) mass is 305 g/mol. The lowest BCUT2D eigenvalue weighted by atomic mass is 10.2. The van der Waals surface area contributed by atoms with Crippen molar-refractivity contribution in [3.05, 3.63) is 29.8 Å². The lowest BCUT2D eigenvalue weighted by Crippen LogP contribution is -2.30. The lowest BCUT2D eigenvalue weighted by Gasteiger charge is -2.15. The fourth-order valence-electron chi connectivity index (χ4n) is 2.14. The number of amides is 2. The van der Waals surface area contributed by atoms with E-state index in [4.69, 9.17) is 12.2 Å². The third kappa shape index (κ3) is 3.78. The zero-order chi connectivity index (χ0) is 15.4. The Kier molecular flexibility index (Phi) is 4.90. The highest BCUT2D eigenvalue weighted by molar-refractivity contribution is 7.80. The molecule has 1 aromatic rings. The molecule has 2 N–H and O–H groups in total. The van der Waals surface area contributed by atoms with E-state index in [0.717, 1.165) is 17.7 Å². The van der Waals surface area contributed by atoms with E-state index in [9.17, 15) is 9.59 Å². The van der Waals surface area contributed by atoms with Crippen LogP contribution in [-0.2, 0) is 16.1 Å². The van der Waals surface area contributed by atoms with E-state index in [1.807, 2.05) is 31.2 Å². The maximum Gasteiger partial charge on any atom is 0.251 e. The summed E-state index contributed by atoms with van der Waals surface area (Å²) in [6, 6.07) is 7.19. The van der Waals surface area contributed by atoms with E-state index < -0.39 is 0 Å². The summed E-state index contributed by atoms with van der Waals surface area (Å²) in [6.07, 6.45) is 1.34. The van der Waals surface area contributed by atoms with Crippen LogP contribution in [0.4, 0.5) is 5.69 Å². The molecule has 1 aliphatic rings. The SMILES string of the molecule is CCCC(=O)Nc1ccc(CN2C(=O)[C@H](C)NC2=S)cc1. The average Bonchev–Trinajstić information content (AvgIpc) is 2.68. The predicted octanol–water partition coefficient (Wildman–Crippen LogP) is 2.03. The Morgan fingerprint density at radius 3 is 2.57 bits per heavy atom. The fourth-order valence-corrected chi connectivity index (χ4v) is 2.47. The quantitative estimate of drug-likeness (QED) is 0.817. The van der Waals surface area contributed by atoms with Crippen LogP contribution in [0.2, 0.25) is 0 Å². The standard InChI is InChI=1S/C15H19N3O2S/c1-3-4-13(19)17-12-7-5-11(6-8-12)9-18-14(20)10(2)16-15(18)21/h5-8,10H,3-4,9H2,1-2H3,(H,16,21)(H,17,19)/t10-/m0/s1. The van der Waals surface area contributed by atoms with Crippen LogP contribution in [0.3, 0.4) is 0 Å². The van der Waals surface area contributed by atoms with Gasteiger partial charge in [-0.2, -0.15) is 0 Å². The molecule has 1 aromatic carbocycles. The van der Waals surface area contributed by atoms with Crippen LogP contribution in [0.15, 0.2) is 24.3 Å². The first-order valence-electron chi connectivity index (χ1n) is 7.02. The van der Waals surface area contributed by atoms with Gasteiger partial charge in [-0.1, -0.05) is 19.1 Å². The summed E-state index contributed by atoms with van der Waals surface area (Å²) in [5.41, 5.74) is 1.73. The second-order valence-electron chi connectivity index (χ2n) is 5.09. The molecule has 2 amide bonds. The minimum atomic E-state index is -0.259. The molecule has 0 unspecified atom stereocenters. The van der Waals surface area contributed by atoms with Crippen LogP contribution in [0.5, 0.6) is 0 Å². The molecule has 0 radical (unpaired) electrons. The average molecular weight is 305 g/mol. The Hall–Kier alpha value is -1.95. The molecule has 0 aromatic heterocycles. The first-order chi connectivity index (χ1) is 10.0. The second kappa shape index (κ2) is 6.67. The molecule has 1 fully saturated rings. The van der Waals surface area contributed by atoms with Crippen molar-refractivity contribution in [2.45, 2.75) is 39.3 Å². The number of rotatable bonds is 5. The van der Waals surface area contributed by atoms with Crippen molar-refractivity contribution in [3.8, 4) is 0 Å². The van der Waals surface area contributed by atoms with Crippen LogP contribution in [-0.4, -0.2) is 27.9 Å². The molecule has 1 heterocycles. The minimum absolute atomic E-state index is 0.0131. The first kappa shape index (κ1) is 15.4. The molecule has 0 spiro atoms. The zero-order valence-electron chi connectivity index (χ0n) is 12.2. The molecule has 1 atom stereocenters. The summed E-state index contributed by atoms with van der Waals surface area (Å²) in [5.74, 6) is -0.000464. The van der Waals surface area contributed by atoms with E-state index in [0.29, 0.717) is 18.1 Å². The van der Waals surface area contributed by atoms with Gasteiger partial charge >= 0.3 is 0 Å². The van der Waals surface area contributed by atoms with Gasteiger partial charge in [0.1, 0.15) is 6.04 Å². The smallest absolute Gasteiger partial charge is 0.251 e. The van der Waals surface area contributed by atoms with Crippen LogP contribution in [0, 0.1) is 0 Å². The molecule has 6 heteroatoms. The van der Waals surface area contributed by atoms with Crippen LogP contribution in [0.25, 0.3) is 0 Å². The van der Waals surface area contributed by atoms with Gasteiger partial charge in [-0.3, -0.25) is 14.5 Å². The van der Waals surface area contributed by atoms with Crippen LogP contribution >= 0.6 is 12.2 Å². The largest absolute Gasteiger partial charge is 0.351 e. The van der Waals surface area contributed by atoms with Crippen molar-refractivity contribution in [2.24, 2.45) is 0 Å². The Morgan fingerprint density at radius 2 is 2.05 bits per heavy atom.